The van der Waals surface area contributed by atoms with Gasteiger partial charge >= 0.3 is 6.05 Å². The topological polar surface area (TPSA) is 26.0 Å². The summed E-state index contributed by atoms with van der Waals surface area (Å²) in [6, 6.07) is -3.07. The molecule has 10 heavy (non-hydrogen) atoms. The normalized spacial score (nSPS) is 16.1. The lowest BCUT2D eigenvalue weighted by Crippen LogP contribution is -2.36. The maximum absolute atomic E-state index is 12.3. The van der Waals surface area contributed by atoms with Gasteiger partial charge in [-0.1, -0.05) is 19.1 Å². The van der Waals surface area contributed by atoms with Crippen LogP contribution < -0.4 is 5.73 Å². The molecule has 0 amide bonds. The molecular formula is C7H13F2N. The second-order valence-corrected chi connectivity index (χ2v) is 2.22. The van der Waals surface area contributed by atoms with Gasteiger partial charge in [-0.3, -0.25) is 5.73 Å². The number of nitrogens with two attached hydrogens (primary N) is 1. The number of allylic oxidation sites excluding steroid dienone is 1. The highest BCUT2D eigenvalue weighted by Crippen LogP contribution is 2.22. The predicted molar refractivity (Wildman–Crippen MR) is 37.7 cm³/mol. The number of alkyl halides is 2. The average Bonchev–Trinajstić information content (AvgIpc) is 1.80. The molecule has 1 atom stereocenters. The van der Waals surface area contributed by atoms with Crippen LogP contribution in [0.1, 0.15) is 20.3 Å². The summed E-state index contributed by atoms with van der Waals surface area (Å²) in [5, 5.41) is 0. The molecule has 0 aliphatic heterocycles. The van der Waals surface area contributed by atoms with Crippen LogP contribution in [0, 0.1) is 5.92 Å². The molecule has 0 aromatic rings. The molecule has 3 heteroatoms. The molecule has 0 radical (unpaired) electrons. The van der Waals surface area contributed by atoms with Crippen LogP contribution in [0.3, 0.4) is 0 Å². The summed E-state index contributed by atoms with van der Waals surface area (Å²) in [6.07, 6.45) is 3.39. The molecule has 0 fully saturated rings. The highest BCUT2D eigenvalue weighted by atomic mass is 19.3. The van der Waals surface area contributed by atoms with E-state index in [4.69, 9.17) is 0 Å². The van der Waals surface area contributed by atoms with E-state index >= 15 is 0 Å². The molecule has 60 valence electrons. The molecule has 1 nitrogen and oxygen atoms in total. The fourth-order valence-electron chi connectivity index (χ4n) is 0.769. The van der Waals surface area contributed by atoms with E-state index in [2.05, 4.69) is 5.73 Å². The Balaban J connectivity index is 4.07. The first kappa shape index (κ1) is 9.56. The van der Waals surface area contributed by atoms with E-state index in [1.807, 2.05) is 0 Å². The minimum Gasteiger partial charge on any atom is -0.272 e. The third-order valence-corrected chi connectivity index (χ3v) is 1.36. The van der Waals surface area contributed by atoms with Crippen LogP contribution in [0.5, 0.6) is 0 Å². The van der Waals surface area contributed by atoms with Gasteiger partial charge in [-0.25, -0.2) is 0 Å². The Hall–Kier alpha value is -0.440. The van der Waals surface area contributed by atoms with Gasteiger partial charge < -0.3 is 0 Å². The van der Waals surface area contributed by atoms with Crippen LogP contribution in [-0.4, -0.2) is 6.05 Å². The SMILES string of the molecule is CC=CC(CC)C(N)(F)F. The summed E-state index contributed by atoms with van der Waals surface area (Å²) in [7, 11) is 0. The first-order valence-electron chi connectivity index (χ1n) is 3.31. The second kappa shape index (κ2) is 3.66. The molecule has 0 spiro atoms. The Morgan fingerprint density at radius 2 is 2.10 bits per heavy atom. The highest BCUT2D eigenvalue weighted by Gasteiger charge is 2.30. The van der Waals surface area contributed by atoms with E-state index in [0.717, 1.165) is 0 Å². The van der Waals surface area contributed by atoms with Gasteiger partial charge in [0, 0.05) is 0 Å². The number of rotatable bonds is 3. The van der Waals surface area contributed by atoms with E-state index < -0.39 is 12.0 Å². The summed E-state index contributed by atoms with van der Waals surface area (Å²) >= 11 is 0. The van der Waals surface area contributed by atoms with Crippen molar-refractivity contribution in [1.82, 2.24) is 0 Å². The van der Waals surface area contributed by atoms with Gasteiger partial charge in [0.25, 0.3) is 0 Å². The van der Waals surface area contributed by atoms with Crippen LogP contribution in [-0.2, 0) is 0 Å². The lowest BCUT2D eigenvalue weighted by Gasteiger charge is -2.17. The quantitative estimate of drug-likeness (QED) is 0.483. The first-order chi connectivity index (χ1) is 4.52. The summed E-state index contributed by atoms with van der Waals surface area (Å²) in [5.41, 5.74) is 4.59. The lowest BCUT2D eigenvalue weighted by molar-refractivity contribution is -0.0350. The van der Waals surface area contributed by atoms with Gasteiger partial charge in [-0.05, 0) is 13.3 Å². The van der Waals surface area contributed by atoms with Crippen molar-refractivity contribution in [3.8, 4) is 0 Å². The third kappa shape index (κ3) is 2.92. The molecular weight excluding hydrogens is 136 g/mol. The summed E-state index contributed by atoms with van der Waals surface area (Å²) in [5.74, 6) is -0.822. The maximum Gasteiger partial charge on any atom is 0.306 e. The van der Waals surface area contributed by atoms with Crippen molar-refractivity contribution in [2.24, 2.45) is 11.7 Å². The van der Waals surface area contributed by atoms with E-state index in [-0.39, 0.29) is 0 Å². The molecule has 1 unspecified atom stereocenters. The fraction of sp³-hybridized carbons (Fsp3) is 0.714. The predicted octanol–water partition coefficient (Wildman–Crippen LogP) is 2.14. The Morgan fingerprint density at radius 3 is 2.20 bits per heavy atom. The maximum atomic E-state index is 12.3. The van der Waals surface area contributed by atoms with Crippen LogP contribution in [0.15, 0.2) is 12.2 Å². The van der Waals surface area contributed by atoms with E-state index in [0.29, 0.717) is 6.42 Å². The van der Waals surface area contributed by atoms with E-state index in [1.165, 1.54) is 6.08 Å². The third-order valence-electron chi connectivity index (χ3n) is 1.36. The highest BCUT2D eigenvalue weighted by molar-refractivity contribution is 4.90. The van der Waals surface area contributed by atoms with Crippen molar-refractivity contribution < 1.29 is 8.78 Å². The van der Waals surface area contributed by atoms with Crippen LogP contribution in [0.25, 0.3) is 0 Å². The molecule has 0 heterocycles. The minimum absolute atomic E-state index is 0.369. The Labute approximate surface area is 59.9 Å². The van der Waals surface area contributed by atoms with Crippen molar-refractivity contribution in [3.05, 3.63) is 12.2 Å². The Kier molecular flexibility index (Phi) is 3.50. The zero-order valence-electron chi connectivity index (χ0n) is 6.27. The molecule has 0 bridgehead atoms. The first-order valence-corrected chi connectivity index (χ1v) is 3.31. The molecule has 0 saturated carbocycles. The second-order valence-electron chi connectivity index (χ2n) is 2.22. The van der Waals surface area contributed by atoms with Gasteiger partial charge in [-0.2, -0.15) is 8.78 Å². The molecule has 0 aliphatic carbocycles. The van der Waals surface area contributed by atoms with Gasteiger partial charge in [0.1, 0.15) is 0 Å². The fourth-order valence-corrected chi connectivity index (χ4v) is 0.769. The summed E-state index contributed by atoms with van der Waals surface area (Å²) in [6.45, 7) is 3.39. The Morgan fingerprint density at radius 1 is 1.60 bits per heavy atom. The standard InChI is InChI=1S/C7H13F2N/c1-3-5-6(4-2)7(8,9)10/h3,5-6H,4,10H2,1-2H3. The van der Waals surface area contributed by atoms with Gasteiger partial charge in [0.15, 0.2) is 0 Å². The lowest BCUT2D eigenvalue weighted by atomic mass is 10.0. The van der Waals surface area contributed by atoms with Gasteiger partial charge in [0.05, 0.1) is 5.92 Å². The monoisotopic (exact) mass is 149 g/mol. The van der Waals surface area contributed by atoms with Crippen LogP contribution >= 0.6 is 0 Å². The van der Waals surface area contributed by atoms with Crippen LogP contribution in [0.4, 0.5) is 8.78 Å². The Bertz CT molecular complexity index is 115. The molecule has 2 N–H and O–H groups in total. The zero-order chi connectivity index (χ0) is 8.20. The number of hydrogen-bond donors (Lipinski definition) is 1. The average molecular weight is 149 g/mol. The summed E-state index contributed by atoms with van der Waals surface area (Å²) in [4.78, 5) is 0. The van der Waals surface area contributed by atoms with Crippen molar-refractivity contribution in [1.29, 1.82) is 0 Å². The van der Waals surface area contributed by atoms with Crippen molar-refractivity contribution in [2.45, 2.75) is 26.3 Å². The molecule has 0 aromatic carbocycles. The minimum atomic E-state index is -3.07. The van der Waals surface area contributed by atoms with Gasteiger partial charge in [0.2, 0.25) is 0 Å². The van der Waals surface area contributed by atoms with Crippen molar-refractivity contribution >= 4 is 0 Å². The summed E-state index contributed by atoms with van der Waals surface area (Å²) < 4.78 is 24.6. The molecule has 0 saturated heterocycles. The smallest absolute Gasteiger partial charge is 0.272 e. The molecule has 0 aromatic heterocycles. The number of halogens is 2. The van der Waals surface area contributed by atoms with Crippen molar-refractivity contribution in [3.63, 3.8) is 0 Å². The molecule has 0 aliphatic rings. The van der Waals surface area contributed by atoms with E-state index in [1.54, 1.807) is 19.9 Å². The van der Waals surface area contributed by atoms with Crippen molar-refractivity contribution in [2.75, 3.05) is 0 Å². The molecule has 0 rings (SSSR count). The number of hydrogen-bond acceptors (Lipinski definition) is 1. The van der Waals surface area contributed by atoms with E-state index in [9.17, 15) is 8.78 Å². The zero-order valence-corrected chi connectivity index (χ0v) is 6.27. The largest absolute Gasteiger partial charge is 0.306 e. The van der Waals surface area contributed by atoms with Crippen LogP contribution in [0.2, 0.25) is 0 Å². The van der Waals surface area contributed by atoms with Gasteiger partial charge in [-0.15, -0.1) is 0 Å².